The van der Waals surface area contributed by atoms with Gasteiger partial charge in [-0.2, -0.15) is 0 Å². The van der Waals surface area contributed by atoms with Crippen LogP contribution in [0.15, 0.2) is 78.9 Å². The van der Waals surface area contributed by atoms with Gasteiger partial charge in [0, 0.05) is 17.9 Å². The minimum absolute atomic E-state index is 0.0668. The van der Waals surface area contributed by atoms with Crippen LogP contribution in [0.3, 0.4) is 0 Å². The molecule has 0 aromatic heterocycles. The van der Waals surface area contributed by atoms with Crippen LogP contribution < -0.4 is 4.90 Å². The molecule has 2 amide bonds. The molecule has 7 rings (SSSR count). The summed E-state index contributed by atoms with van der Waals surface area (Å²) in [6.07, 6.45) is 0. The molecular weight excluding hydrogens is 348 g/mol. The molecule has 1 atom stereocenters. The largest absolute Gasteiger partial charge is 0.340 e. The molecule has 28 heavy (non-hydrogen) atoms. The second-order valence-electron chi connectivity index (χ2n) is 7.72. The van der Waals surface area contributed by atoms with Gasteiger partial charge in [0.25, 0.3) is 0 Å². The smallest absolute Gasteiger partial charge is 0.245 e. The fourth-order valence-electron chi connectivity index (χ4n) is 5.31. The van der Waals surface area contributed by atoms with Gasteiger partial charge in [-0.1, -0.05) is 66.7 Å². The van der Waals surface area contributed by atoms with Gasteiger partial charge >= 0.3 is 0 Å². The van der Waals surface area contributed by atoms with Gasteiger partial charge in [-0.25, -0.2) is 0 Å². The molecule has 4 nitrogen and oxygen atoms in total. The predicted octanol–water partition coefficient (Wildman–Crippen LogP) is 3.62. The second-order valence-corrected chi connectivity index (χ2v) is 7.72. The third-order valence-electron chi connectivity index (χ3n) is 6.46. The van der Waals surface area contributed by atoms with Crippen LogP contribution in [-0.2, 0) is 21.5 Å². The van der Waals surface area contributed by atoms with Gasteiger partial charge in [0.15, 0.2) is 0 Å². The Labute approximate surface area is 163 Å². The highest BCUT2D eigenvalue weighted by atomic mass is 16.2. The molecule has 136 valence electrons. The van der Waals surface area contributed by atoms with Crippen molar-refractivity contribution >= 4 is 23.2 Å². The Bertz CT molecular complexity index is 1090. The number of carbonyl (C=O) groups excluding carboxylic acids is 2. The number of imide groups is 1. The zero-order valence-corrected chi connectivity index (χ0v) is 15.2. The molecule has 2 bridgehead atoms. The highest BCUT2D eigenvalue weighted by molar-refractivity contribution is 6.16. The van der Waals surface area contributed by atoms with Crippen molar-refractivity contribution in [1.29, 1.82) is 0 Å². The maximum Gasteiger partial charge on any atom is 0.245 e. The van der Waals surface area contributed by atoms with E-state index in [0.717, 1.165) is 28.1 Å². The Kier molecular flexibility index (Phi) is 2.97. The quantitative estimate of drug-likeness (QED) is 0.651. The molecule has 1 fully saturated rings. The van der Waals surface area contributed by atoms with Crippen molar-refractivity contribution in [2.24, 2.45) is 5.92 Å². The first-order valence-corrected chi connectivity index (χ1v) is 9.59. The third-order valence-corrected chi connectivity index (χ3v) is 6.46. The summed E-state index contributed by atoms with van der Waals surface area (Å²) >= 11 is 0. The van der Waals surface area contributed by atoms with Crippen LogP contribution >= 0.6 is 0 Å². The number of anilines is 2. The van der Waals surface area contributed by atoms with Gasteiger partial charge in [0.1, 0.15) is 5.41 Å². The summed E-state index contributed by atoms with van der Waals surface area (Å²) in [4.78, 5) is 31.1. The number of rotatable bonds is 2. The molecule has 1 spiro atoms. The molecule has 4 aliphatic rings. The number of benzene rings is 3. The molecule has 0 N–H and O–H groups in total. The van der Waals surface area contributed by atoms with Crippen LogP contribution in [0.5, 0.6) is 0 Å². The van der Waals surface area contributed by atoms with Crippen molar-refractivity contribution in [1.82, 2.24) is 4.90 Å². The average Bonchev–Trinajstić information content (AvgIpc) is 2.97. The van der Waals surface area contributed by atoms with Gasteiger partial charge < -0.3 is 4.90 Å². The third kappa shape index (κ3) is 1.71. The zero-order valence-electron chi connectivity index (χ0n) is 15.2. The molecule has 3 aromatic rings. The summed E-state index contributed by atoms with van der Waals surface area (Å²) < 4.78 is 0. The fraction of sp³-hybridized carbons (Fsp3) is 0.167. The molecule has 1 unspecified atom stereocenters. The average molecular weight is 366 g/mol. The van der Waals surface area contributed by atoms with Crippen LogP contribution in [0.1, 0.15) is 16.7 Å². The first-order valence-electron chi connectivity index (χ1n) is 9.59. The zero-order chi connectivity index (χ0) is 18.9. The van der Waals surface area contributed by atoms with E-state index in [0.29, 0.717) is 13.1 Å². The van der Waals surface area contributed by atoms with Crippen molar-refractivity contribution < 1.29 is 9.59 Å². The van der Waals surface area contributed by atoms with E-state index in [9.17, 15) is 9.59 Å². The van der Waals surface area contributed by atoms with E-state index >= 15 is 0 Å². The first-order chi connectivity index (χ1) is 13.7. The lowest BCUT2D eigenvalue weighted by Gasteiger charge is -2.50. The maximum atomic E-state index is 13.9. The van der Waals surface area contributed by atoms with E-state index in [1.165, 1.54) is 4.90 Å². The second kappa shape index (κ2) is 5.32. The molecule has 3 aromatic carbocycles. The Morgan fingerprint density at radius 2 is 1.36 bits per heavy atom. The van der Waals surface area contributed by atoms with Gasteiger partial charge in [0.05, 0.1) is 12.5 Å². The number of nitrogens with zero attached hydrogens (tertiary/aromatic N) is 2. The minimum atomic E-state index is -0.909. The molecule has 1 saturated heterocycles. The molecule has 4 aliphatic heterocycles. The molecule has 4 heteroatoms. The summed E-state index contributed by atoms with van der Waals surface area (Å²) in [5, 5.41) is 0. The summed E-state index contributed by atoms with van der Waals surface area (Å²) in [6, 6.07) is 25.8. The molecular formula is C24H18N2O2. The summed E-state index contributed by atoms with van der Waals surface area (Å²) in [7, 11) is 0. The Balaban J connectivity index is 1.58. The Hall–Kier alpha value is -3.40. The summed E-state index contributed by atoms with van der Waals surface area (Å²) in [5.41, 5.74) is 4.06. The van der Waals surface area contributed by atoms with E-state index in [-0.39, 0.29) is 17.7 Å². The minimum Gasteiger partial charge on any atom is -0.340 e. The van der Waals surface area contributed by atoms with E-state index in [4.69, 9.17) is 0 Å². The predicted molar refractivity (Wildman–Crippen MR) is 106 cm³/mol. The number of likely N-dealkylation sites (tertiary alicyclic amines) is 1. The lowest BCUT2D eigenvalue weighted by atomic mass is 9.61. The van der Waals surface area contributed by atoms with E-state index < -0.39 is 5.41 Å². The van der Waals surface area contributed by atoms with Crippen molar-refractivity contribution in [3.05, 3.63) is 95.6 Å². The Morgan fingerprint density at radius 3 is 2.00 bits per heavy atom. The topological polar surface area (TPSA) is 40.6 Å². The SMILES string of the molecule is O=C1C2CN3c4ccccc4C2(C(=O)N1Cc1ccccc1)c1ccccc13. The van der Waals surface area contributed by atoms with Gasteiger partial charge in [-0.05, 0) is 28.8 Å². The van der Waals surface area contributed by atoms with Gasteiger partial charge in [0.2, 0.25) is 11.8 Å². The van der Waals surface area contributed by atoms with E-state index in [1.54, 1.807) is 0 Å². The molecule has 4 heterocycles. The van der Waals surface area contributed by atoms with Crippen molar-refractivity contribution in [2.75, 3.05) is 11.4 Å². The molecule has 0 saturated carbocycles. The standard InChI is InChI=1S/C24H18N2O2/c27-22-19-15-25-20-12-6-4-10-17(20)24(19,18-11-5-7-13-21(18)25)23(28)26(22)14-16-8-2-1-3-9-16/h1-13,19H,14-15H2. The first kappa shape index (κ1) is 15.6. The highest BCUT2D eigenvalue weighted by Gasteiger charge is 2.67. The Morgan fingerprint density at radius 1 is 0.786 bits per heavy atom. The number of hydrogen-bond acceptors (Lipinski definition) is 3. The molecule has 0 aliphatic carbocycles. The van der Waals surface area contributed by atoms with Crippen LogP contribution in [0, 0.1) is 5.92 Å². The van der Waals surface area contributed by atoms with Gasteiger partial charge in [-0.15, -0.1) is 0 Å². The highest BCUT2D eigenvalue weighted by Crippen LogP contribution is 2.60. The maximum absolute atomic E-state index is 13.9. The van der Waals surface area contributed by atoms with Crippen molar-refractivity contribution in [2.45, 2.75) is 12.0 Å². The normalized spacial score (nSPS) is 24.2. The lowest BCUT2D eigenvalue weighted by Crippen LogP contribution is -2.54. The van der Waals surface area contributed by atoms with Crippen molar-refractivity contribution in [3.63, 3.8) is 0 Å². The summed E-state index contributed by atoms with van der Waals surface area (Å²) in [5.74, 6) is -0.540. The fourth-order valence-corrected chi connectivity index (χ4v) is 5.31. The van der Waals surface area contributed by atoms with Crippen LogP contribution in [0.2, 0.25) is 0 Å². The van der Waals surface area contributed by atoms with Crippen molar-refractivity contribution in [3.8, 4) is 0 Å². The number of carbonyl (C=O) groups is 2. The number of amides is 2. The van der Waals surface area contributed by atoms with Crippen LogP contribution in [0.4, 0.5) is 11.4 Å². The number of hydrogen-bond donors (Lipinski definition) is 0. The van der Waals surface area contributed by atoms with E-state index in [1.807, 2.05) is 66.7 Å². The monoisotopic (exact) mass is 366 g/mol. The lowest BCUT2D eigenvalue weighted by molar-refractivity contribution is -0.140. The summed E-state index contributed by atoms with van der Waals surface area (Å²) in [6.45, 7) is 0.866. The van der Waals surface area contributed by atoms with Gasteiger partial charge in [-0.3, -0.25) is 14.5 Å². The molecule has 0 radical (unpaired) electrons. The number of para-hydroxylation sites is 2. The van der Waals surface area contributed by atoms with Crippen LogP contribution in [0.25, 0.3) is 0 Å². The van der Waals surface area contributed by atoms with Crippen LogP contribution in [-0.4, -0.2) is 23.3 Å². The van der Waals surface area contributed by atoms with E-state index in [2.05, 4.69) is 17.0 Å².